The molecule has 0 radical (unpaired) electrons. The molecule has 7 heteroatoms. The number of esters is 1. The fourth-order valence-electron chi connectivity index (χ4n) is 8.58. The van der Waals surface area contributed by atoms with E-state index in [4.69, 9.17) is 8.92 Å². The van der Waals surface area contributed by atoms with Crippen molar-refractivity contribution in [3.63, 3.8) is 0 Å². The zero-order valence-electron chi connectivity index (χ0n) is 18.4. The quantitative estimate of drug-likeness (QED) is 0.524. The summed E-state index contributed by atoms with van der Waals surface area (Å²) in [5.74, 6) is 1.15. The topological polar surface area (TPSA) is 89.9 Å². The first kappa shape index (κ1) is 21.6. The van der Waals surface area contributed by atoms with E-state index >= 15 is 0 Å². The number of hydrogen-bond acceptors (Lipinski definition) is 5. The summed E-state index contributed by atoms with van der Waals surface area (Å²) in [7, 11) is -4.46. The van der Waals surface area contributed by atoms with E-state index in [9.17, 15) is 17.8 Å². The second-order valence-electron chi connectivity index (χ2n) is 11.4. The van der Waals surface area contributed by atoms with Crippen LogP contribution in [0.2, 0.25) is 0 Å². The van der Waals surface area contributed by atoms with Crippen molar-refractivity contribution >= 4 is 16.4 Å². The van der Waals surface area contributed by atoms with E-state index < -0.39 is 16.5 Å². The maximum Gasteiger partial charge on any atom is 0.397 e. The Labute approximate surface area is 175 Å². The molecule has 1 unspecified atom stereocenters. The monoisotopic (exact) mass is 428 g/mol. The Morgan fingerprint density at radius 1 is 0.897 bits per heavy atom. The van der Waals surface area contributed by atoms with Gasteiger partial charge in [-0.25, -0.2) is 4.18 Å². The Morgan fingerprint density at radius 3 is 2.07 bits per heavy atom. The summed E-state index contributed by atoms with van der Waals surface area (Å²) in [6.07, 6.45) is 6.63. The van der Waals surface area contributed by atoms with Gasteiger partial charge in [-0.15, -0.1) is 0 Å². The van der Waals surface area contributed by atoms with Crippen molar-refractivity contribution in [2.45, 2.75) is 97.7 Å². The Balaban J connectivity index is 1.63. The number of carbonyl (C=O) groups is 1. The van der Waals surface area contributed by atoms with Crippen LogP contribution in [0.4, 0.5) is 0 Å². The van der Waals surface area contributed by atoms with Crippen molar-refractivity contribution in [2.24, 2.45) is 34.0 Å². The predicted octanol–water partition coefficient (Wildman–Crippen LogP) is 4.54. The predicted molar refractivity (Wildman–Crippen MR) is 108 cm³/mol. The van der Waals surface area contributed by atoms with Crippen LogP contribution in [0.15, 0.2) is 0 Å². The molecule has 1 N–H and O–H groups in total. The van der Waals surface area contributed by atoms with Gasteiger partial charge in [0.15, 0.2) is 0 Å². The summed E-state index contributed by atoms with van der Waals surface area (Å²) in [6, 6.07) is 0. The highest BCUT2D eigenvalue weighted by Gasteiger charge is 2.67. The van der Waals surface area contributed by atoms with E-state index in [2.05, 4.69) is 34.6 Å². The van der Waals surface area contributed by atoms with Crippen LogP contribution in [0.1, 0.15) is 86.0 Å². The minimum atomic E-state index is -4.46. The summed E-state index contributed by atoms with van der Waals surface area (Å²) in [4.78, 5) is 11.9. The molecule has 4 fully saturated rings. The largest absolute Gasteiger partial charge is 0.459 e. The average Bonchev–Trinajstić information content (AvgIpc) is 3.10. The SMILES string of the molecule is CC1(C)[C@@H](OS(=O)(=O)O)CC[C@]2(C)C3CC[C@H]([C@]4(C)CCC(=O)O4)[C@]3(C)CC[C@H]12. The Bertz CT molecular complexity index is 806. The van der Waals surface area contributed by atoms with Gasteiger partial charge in [-0.2, -0.15) is 8.42 Å². The summed E-state index contributed by atoms with van der Waals surface area (Å²) < 4.78 is 43.1. The lowest BCUT2D eigenvalue weighted by Gasteiger charge is -2.63. The van der Waals surface area contributed by atoms with E-state index in [1.165, 1.54) is 0 Å². The summed E-state index contributed by atoms with van der Waals surface area (Å²) in [5, 5.41) is 0. The fourth-order valence-corrected chi connectivity index (χ4v) is 9.22. The number of fused-ring (bicyclic) bond motifs is 3. The van der Waals surface area contributed by atoms with Gasteiger partial charge < -0.3 is 4.74 Å². The molecule has 29 heavy (non-hydrogen) atoms. The molecule has 4 rings (SSSR count). The van der Waals surface area contributed by atoms with Crippen LogP contribution in [0.5, 0.6) is 0 Å². The standard InChI is InChI=1S/C22H36O6S/c1-19(2)14-8-11-21(4)15(6-7-16(21)22(5)13-10-18(23)27-22)20(14,3)12-9-17(19)28-29(24,25)26/h14-17H,6-13H2,1-5H3,(H,24,25,26)/t14-,15?,16+,17+,20+,21-,22+/m1/s1. The maximum absolute atomic E-state index is 11.9. The first-order valence-electron chi connectivity index (χ1n) is 11.1. The van der Waals surface area contributed by atoms with Gasteiger partial charge in [-0.3, -0.25) is 9.35 Å². The van der Waals surface area contributed by atoms with Crippen molar-refractivity contribution in [3.05, 3.63) is 0 Å². The smallest absolute Gasteiger partial charge is 0.397 e. The van der Waals surface area contributed by atoms with Crippen LogP contribution < -0.4 is 0 Å². The summed E-state index contributed by atoms with van der Waals surface area (Å²) in [5.41, 5.74) is -0.489. The molecule has 4 aliphatic rings. The third-order valence-corrected chi connectivity index (χ3v) is 10.2. The number of rotatable bonds is 3. The van der Waals surface area contributed by atoms with Crippen LogP contribution in [0.3, 0.4) is 0 Å². The maximum atomic E-state index is 11.9. The van der Waals surface area contributed by atoms with Crippen molar-refractivity contribution in [1.82, 2.24) is 0 Å². The Hall–Kier alpha value is -0.660. The number of cyclic esters (lactones) is 1. The molecule has 1 saturated heterocycles. The van der Waals surface area contributed by atoms with Crippen LogP contribution >= 0.6 is 0 Å². The van der Waals surface area contributed by atoms with Gasteiger partial charge in [0, 0.05) is 12.3 Å². The molecule has 3 saturated carbocycles. The number of ether oxygens (including phenoxy) is 1. The lowest BCUT2D eigenvalue weighted by atomic mass is 9.42. The molecule has 3 aliphatic carbocycles. The lowest BCUT2D eigenvalue weighted by Crippen LogP contribution is -2.59. The van der Waals surface area contributed by atoms with E-state index in [-0.39, 0.29) is 27.8 Å². The van der Waals surface area contributed by atoms with Crippen molar-refractivity contribution in [2.75, 3.05) is 0 Å². The van der Waals surface area contributed by atoms with E-state index in [1.54, 1.807) is 0 Å². The molecule has 0 bridgehead atoms. The van der Waals surface area contributed by atoms with Gasteiger partial charge in [0.05, 0.1) is 6.10 Å². The molecule has 0 aromatic heterocycles. The van der Waals surface area contributed by atoms with E-state index in [0.29, 0.717) is 30.6 Å². The van der Waals surface area contributed by atoms with Crippen LogP contribution in [-0.4, -0.2) is 30.6 Å². The molecule has 0 spiro atoms. The second kappa shape index (κ2) is 6.42. The zero-order chi connectivity index (χ0) is 21.5. The first-order valence-corrected chi connectivity index (χ1v) is 12.5. The van der Waals surface area contributed by atoms with Crippen LogP contribution in [0, 0.1) is 34.0 Å². The minimum absolute atomic E-state index is 0.0662. The molecule has 0 aromatic rings. The van der Waals surface area contributed by atoms with E-state index in [0.717, 1.165) is 38.5 Å². The third kappa shape index (κ3) is 3.18. The van der Waals surface area contributed by atoms with Gasteiger partial charge in [0.1, 0.15) is 5.60 Å². The minimum Gasteiger partial charge on any atom is -0.459 e. The van der Waals surface area contributed by atoms with E-state index in [1.807, 2.05) is 0 Å². The lowest BCUT2D eigenvalue weighted by molar-refractivity contribution is -0.181. The molecule has 0 aromatic carbocycles. The highest BCUT2D eigenvalue weighted by atomic mass is 32.3. The molecule has 166 valence electrons. The molecule has 6 nitrogen and oxygen atoms in total. The van der Waals surface area contributed by atoms with Crippen LogP contribution in [0.25, 0.3) is 0 Å². The first-order chi connectivity index (χ1) is 13.2. The van der Waals surface area contributed by atoms with Gasteiger partial charge in [-0.1, -0.05) is 27.7 Å². The molecular formula is C22H36O6S. The zero-order valence-corrected chi connectivity index (χ0v) is 19.2. The fraction of sp³-hybridized carbons (Fsp3) is 0.955. The normalized spacial score (nSPS) is 49.4. The highest BCUT2D eigenvalue weighted by Crippen LogP contribution is 2.71. The average molecular weight is 429 g/mol. The van der Waals surface area contributed by atoms with Crippen molar-refractivity contribution < 1.29 is 26.7 Å². The molecule has 0 amide bonds. The van der Waals surface area contributed by atoms with Gasteiger partial charge in [0.2, 0.25) is 0 Å². The van der Waals surface area contributed by atoms with Gasteiger partial charge >= 0.3 is 16.4 Å². The molecule has 7 atom stereocenters. The number of carbonyl (C=O) groups excluding carboxylic acids is 1. The summed E-state index contributed by atoms with van der Waals surface area (Å²) in [6.45, 7) is 11.1. The van der Waals surface area contributed by atoms with Crippen molar-refractivity contribution in [1.29, 1.82) is 0 Å². The second-order valence-corrected chi connectivity index (χ2v) is 12.5. The molecule has 1 aliphatic heterocycles. The highest BCUT2D eigenvalue weighted by molar-refractivity contribution is 7.80. The number of hydrogen-bond donors (Lipinski definition) is 1. The van der Waals surface area contributed by atoms with Gasteiger partial charge in [-0.05, 0) is 80.0 Å². The summed E-state index contributed by atoms with van der Waals surface area (Å²) >= 11 is 0. The van der Waals surface area contributed by atoms with Crippen LogP contribution in [-0.2, 0) is 24.1 Å². The molecular weight excluding hydrogens is 392 g/mol. The third-order valence-electron chi connectivity index (χ3n) is 9.72. The molecule has 1 heterocycles. The Kier molecular flexibility index (Phi) is 4.78. The van der Waals surface area contributed by atoms with Gasteiger partial charge in [0.25, 0.3) is 0 Å². The van der Waals surface area contributed by atoms with Crippen molar-refractivity contribution in [3.8, 4) is 0 Å². The Morgan fingerprint density at radius 2 is 1.48 bits per heavy atom.